The van der Waals surface area contributed by atoms with E-state index in [1.165, 1.54) is 7.11 Å². The number of carbonyl (C=O) groups excluding carboxylic acids is 1. The van der Waals surface area contributed by atoms with E-state index in [0.29, 0.717) is 22.7 Å². The zero-order valence-electron chi connectivity index (χ0n) is 15.4. The Bertz CT molecular complexity index is 1010. The highest BCUT2D eigenvalue weighted by atomic mass is 16.5. The van der Waals surface area contributed by atoms with Gasteiger partial charge >= 0.3 is 0 Å². The second kappa shape index (κ2) is 8.56. The van der Waals surface area contributed by atoms with Crippen molar-refractivity contribution in [1.29, 1.82) is 5.26 Å². The lowest BCUT2D eigenvalue weighted by Gasteiger charge is -2.12. The van der Waals surface area contributed by atoms with E-state index >= 15 is 0 Å². The molecule has 2 aromatic carbocycles. The number of carbonyl (C=O) groups is 1. The van der Waals surface area contributed by atoms with Crippen LogP contribution in [0.1, 0.15) is 16.1 Å². The number of nitrogens with zero attached hydrogens (tertiary/aromatic N) is 2. The number of anilines is 3. The summed E-state index contributed by atoms with van der Waals surface area (Å²) in [5.41, 5.74) is 2.88. The molecule has 0 spiro atoms. The van der Waals surface area contributed by atoms with Gasteiger partial charge < -0.3 is 20.1 Å². The topological polar surface area (TPSA) is 96.3 Å². The van der Waals surface area contributed by atoms with Crippen LogP contribution >= 0.6 is 0 Å². The Morgan fingerprint density at radius 3 is 2.36 bits per heavy atom. The van der Waals surface area contributed by atoms with Gasteiger partial charge in [0.05, 0.1) is 43.4 Å². The number of hydrogen-bond donors (Lipinski definition) is 2. The van der Waals surface area contributed by atoms with Gasteiger partial charge in [-0.1, -0.05) is 0 Å². The van der Waals surface area contributed by atoms with Gasteiger partial charge in [-0.3, -0.25) is 4.79 Å². The van der Waals surface area contributed by atoms with Gasteiger partial charge in [-0.15, -0.1) is 0 Å². The van der Waals surface area contributed by atoms with Crippen molar-refractivity contribution in [2.75, 3.05) is 24.9 Å². The zero-order valence-corrected chi connectivity index (χ0v) is 15.4. The van der Waals surface area contributed by atoms with Gasteiger partial charge in [-0.05, 0) is 48.5 Å². The lowest BCUT2D eigenvalue weighted by atomic mass is 10.2. The quantitative estimate of drug-likeness (QED) is 0.678. The van der Waals surface area contributed by atoms with Crippen molar-refractivity contribution >= 4 is 23.0 Å². The first kappa shape index (κ1) is 18.7. The van der Waals surface area contributed by atoms with Crippen molar-refractivity contribution in [3.63, 3.8) is 0 Å². The van der Waals surface area contributed by atoms with Crippen molar-refractivity contribution in [2.24, 2.45) is 0 Å². The van der Waals surface area contributed by atoms with Gasteiger partial charge in [0, 0.05) is 11.8 Å². The number of rotatable bonds is 6. The first-order valence-electron chi connectivity index (χ1n) is 8.39. The first-order valence-corrected chi connectivity index (χ1v) is 8.39. The third-order valence-electron chi connectivity index (χ3n) is 3.95. The molecule has 0 atom stereocenters. The lowest BCUT2D eigenvalue weighted by Crippen LogP contribution is -2.14. The Morgan fingerprint density at radius 2 is 1.75 bits per heavy atom. The Hall–Kier alpha value is -4.05. The summed E-state index contributed by atoms with van der Waals surface area (Å²) in [6, 6.07) is 17.6. The van der Waals surface area contributed by atoms with Crippen molar-refractivity contribution < 1.29 is 14.3 Å². The number of amides is 1. The van der Waals surface area contributed by atoms with Gasteiger partial charge in [-0.2, -0.15) is 5.26 Å². The molecule has 0 bridgehead atoms. The Balaban J connectivity index is 1.70. The molecule has 0 saturated heterocycles. The molecular weight excluding hydrogens is 356 g/mol. The summed E-state index contributed by atoms with van der Waals surface area (Å²) in [5, 5.41) is 14.8. The van der Waals surface area contributed by atoms with E-state index in [-0.39, 0.29) is 11.6 Å². The van der Waals surface area contributed by atoms with Crippen LogP contribution in [0.25, 0.3) is 0 Å². The lowest BCUT2D eigenvalue weighted by molar-refractivity contribution is 0.102. The Labute approximate surface area is 162 Å². The van der Waals surface area contributed by atoms with Crippen LogP contribution in [0, 0.1) is 11.3 Å². The average molecular weight is 374 g/mol. The molecule has 0 aliphatic heterocycles. The summed E-state index contributed by atoms with van der Waals surface area (Å²) in [6.45, 7) is 0. The number of pyridine rings is 1. The number of nitrogens with one attached hydrogen (secondary N) is 2. The van der Waals surface area contributed by atoms with Gasteiger partial charge in [0.2, 0.25) is 0 Å². The van der Waals surface area contributed by atoms with Crippen LogP contribution in [-0.4, -0.2) is 25.1 Å². The van der Waals surface area contributed by atoms with Crippen LogP contribution < -0.4 is 20.1 Å². The highest BCUT2D eigenvalue weighted by Gasteiger charge is 2.12. The van der Waals surface area contributed by atoms with Crippen molar-refractivity contribution in [1.82, 2.24) is 4.98 Å². The Kier molecular flexibility index (Phi) is 5.72. The Morgan fingerprint density at radius 1 is 1.00 bits per heavy atom. The predicted octanol–water partition coefficient (Wildman–Crippen LogP) is 3.97. The molecule has 0 radical (unpaired) electrons. The maximum atomic E-state index is 12.5. The molecule has 0 fully saturated rings. The second-order valence-electron chi connectivity index (χ2n) is 5.77. The van der Waals surface area contributed by atoms with Crippen LogP contribution in [0.2, 0.25) is 0 Å². The smallest absolute Gasteiger partial charge is 0.274 e. The molecule has 1 amide bonds. The van der Waals surface area contributed by atoms with E-state index in [2.05, 4.69) is 21.7 Å². The van der Waals surface area contributed by atoms with Crippen LogP contribution in [0.4, 0.5) is 17.1 Å². The predicted molar refractivity (Wildman–Crippen MR) is 106 cm³/mol. The number of benzene rings is 2. The highest BCUT2D eigenvalue weighted by molar-refractivity contribution is 6.03. The summed E-state index contributed by atoms with van der Waals surface area (Å²) >= 11 is 0. The molecule has 7 nitrogen and oxygen atoms in total. The van der Waals surface area contributed by atoms with Gasteiger partial charge in [-0.25, -0.2) is 4.98 Å². The van der Waals surface area contributed by atoms with Gasteiger partial charge in [0.1, 0.15) is 17.2 Å². The van der Waals surface area contributed by atoms with Gasteiger partial charge in [0.25, 0.3) is 5.91 Å². The van der Waals surface area contributed by atoms with E-state index < -0.39 is 0 Å². The van der Waals surface area contributed by atoms with E-state index in [1.54, 1.807) is 67.9 Å². The maximum absolute atomic E-state index is 12.5. The van der Waals surface area contributed by atoms with Crippen LogP contribution in [0.15, 0.2) is 60.8 Å². The van der Waals surface area contributed by atoms with Gasteiger partial charge in [0.15, 0.2) is 0 Å². The van der Waals surface area contributed by atoms with E-state index in [4.69, 9.17) is 14.7 Å². The molecule has 28 heavy (non-hydrogen) atoms. The fourth-order valence-corrected chi connectivity index (χ4v) is 2.49. The van der Waals surface area contributed by atoms with Crippen molar-refractivity contribution in [2.45, 2.75) is 0 Å². The maximum Gasteiger partial charge on any atom is 0.274 e. The number of aromatic nitrogens is 1. The zero-order chi connectivity index (χ0) is 19.9. The second-order valence-corrected chi connectivity index (χ2v) is 5.77. The number of nitriles is 1. The molecule has 140 valence electrons. The fourth-order valence-electron chi connectivity index (χ4n) is 2.49. The largest absolute Gasteiger partial charge is 0.497 e. The van der Waals surface area contributed by atoms with E-state index in [9.17, 15) is 4.79 Å². The molecule has 0 aliphatic rings. The minimum absolute atomic E-state index is 0.259. The monoisotopic (exact) mass is 374 g/mol. The third-order valence-corrected chi connectivity index (χ3v) is 3.95. The van der Waals surface area contributed by atoms with Crippen LogP contribution in [-0.2, 0) is 0 Å². The van der Waals surface area contributed by atoms with Crippen molar-refractivity contribution in [3.05, 3.63) is 72.1 Å². The molecule has 1 aromatic heterocycles. The molecule has 0 aliphatic carbocycles. The van der Waals surface area contributed by atoms with Crippen LogP contribution in [0.5, 0.6) is 11.5 Å². The highest BCUT2D eigenvalue weighted by Crippen LogP contribution is 2.29. The summed E-state index contributed by atoms with van der Waals surface area (Å²) in [4.78, 5) is 16.7. The summed E-state index contributed by atoms with van der Waals surface area (Å²) in [5.74, 6) is 0.760. The van der Waals surface area contributed by atoms with Crippen LogP contribution in [0.3, 0.4) is 0 Å². The van der Waals surface area contributed by atoms with E-state index in [1.807, 2.05) is 0 Å². The normalized spacial score (nSPS) is 9.89. The SMILES string of the molecule is COc1ccc(OC)c(NC(=O)c2ccc(Nc3ccc(C#N)cc3)cn2)c1. The molecular formula is C21H18N4O3. The first-order chi connectivity index (χ1) is 13.6. The summed E-state index contributed by atoms with van der Waals surface area (Å²) < 4.78 is 10.4. The fraction of sp³-hybridized carbons (Fsp3) is 0.0952. The molecule has 3 aromatic rings. The molecule has 0 unspecified atom stereocenters. The van der Waals surface area contributed by atoms with E-state index in [0.717, 1.165) is 11.4 Å². The molecule has 2 N–H and O–H groups in total. The van der Waals surface area contributed by atoms with Crippen molar-refractivity contribution in [3.8, 4) is 17.6 Å². The number of methoxy groups -OCH3 is 2. The summed E-state index contributed by atoms with van der Waals surface area (Å²) in [7, 11) is 3.08. The molecule has 7 heteroatoms. The molecule has 0 saturated carbocycles. The molecule has 3 rings (SSSR count). The minimum Gasteiger partial charge on any atom is -0.497 e. The minimum atomic E-state index is -0.364. The third kappa shape index (κ3) is 4.37. The summed E-state index contributed by atoms with van der Waals surface area (Å²) in [6.07, 6.45) is 1.57. The standard InChI is InChI=1S/C21H18N4O3/c1-27-17-8-10-20(28-2)19(11-17)25-21(26)18-9-7-16(13-23-18)24-15-5-3-14(12-22)4-6-15/h3-11,13,24H,1-2H3,(H,25,26). The number of ether oxygens (including phenoxy) is 2. The average Bonchev–Trinajstić information content (AvgIpc) is 2.74. The number of hydrogen-bond acceptors (Lipinski definition) is 6. The molecule has 1 heterocycles.